The predicted molar refractivity (Wildman–Crippen MR) is 287 cm³/mol. The van der Waals surface area contributed by atoms with Crippen molar-refractivity contribution in [1.82, 2.24) is 29.9 Å². The monoisotopic (exact) mass is 867 g/mol. The molecule has 0 aliphatic carbocycles. The quantitative estimate of drug-likeness (QED) is 0.151. The predicted octanol–water partition coefficient (Wildman–Crippen LogP) is 17.2. The fourth-order valence-corrected chi connectivity index (χ4v) is 5.85. The molecule has 0 spiro atoms. The molecule has 0 unspecified atom stereocenters. The van der Waals surface area contributed by atoms with Crippen LogP contribution in [-0.2, 0) is 0 Å². The van der Waals surface area contributed by atoms with E-state index in [1.54, 1.807) is 12.4 Å². The van der Waals surface area contributed by atoms with Crippen LogP contribution < -0.4 is 0 Å². The van der Waals surface area contributed by atoms with Crippen LogP contribution >= 0.6 is 0 Å². The van der Waals surface area contributed by atoms with E-state index in [0.29, 0.717) is 0 Å². The Morgan fingerprint density at radius 1 is 0.246 bits per heavy atom. The van der Waals surface area contributed by atoms with Gasteiger partial charge in [0.15, 0.2) is 0 Å². The Labute approximate surface area is 391 Å². The lowest BCUT2D eigenvalue weighted by molar-refractivity contribution is 1.28. The molecule has 0 saturated heterocycles. The molecule has 0 fully saturated rings. The van der Waals surface area contributed by atoms with E-state index >= 15 is 0 Å². The first-order valence-corrected chi connectivity index (χ1v) is 23.2. The average Bonchev–Trinajstić information content (AvgIpc) is 3.37. The van der Waals surface area contributed by atoms with Gasteiger partial charge in [0.05, 0.1) is 22.1 Å². The van der Waals surface area contributed by atoms with E-state index in [0.717, 1.165) is 22.1 Å². The van der Waals surface area contributed by atoms with Gasteiger partial charge in [0.2, 0.25) is 0 Å². The van der Waals surface area contributed by atoms with Crippen LogP contribution in [0.4, 0.5) is 0 Å². The molecule has 0 aliphatic heterocycles. The third kappa shape index (κ3) is 20.0. The minimum absolute atomic E-state index is 0.957. The second-order valence-electron chi connectivity index (χ2n) is 13.4. The Kier molecular flexibility index (Phi) is 29.0. The van der Waals surface area contributed by atoms with Crippen molar-refractivity contribution in [2.24, 2.45) is 0 Å². The van der Waals surface area contributed by atoms with Crippen LogP contribution in [-0.4, -0.2) is 29.9 Å². The van der Waals surface area contributed by atoms with Crippen LogP contribution in [0.2, 0.25) is 0 Å². The zero-order valence-corrected chi connectivity index (χ0v) is 41.9. The van der Waals surface area contributed by atoms with E-state index in [2.05, 4.69) is 136 Å². The summed E-state index contributed by atoms with van der Waals surface area (Å²) in [5, 5.41) is 7.36. The number of rotatable bonds is 0. The molecule has 65 heavy (non-hydrogen) atoms. The first-order valence-electron chi connectivity index (χ1n) is 23.2. The summed E-state index contributed by atoms with van der Waals surface area (Å²) in [4.78, 5) is 24.9. The summed E-state index contributed by atoms with van der Waals surface area (Å²) in [7, 11) is 0. The fraction of sp³-hybridized carbons (Fsp3) is 0.254. The number of hydrogen-bond acceptors (Lipinski definition) is 6. The fourth-order valence-electron chi connectivity index (χ4n) is 5.85. The number of hydrogen-bond donors (Lipinski definition) is 0. The summed E-state index contributed by atoms with van der Waals surface area (Å²) in [6, 6.07) is 43.5. The standard InChI is InChI=1S/4C10H9N.C9H8N2.5C2H6/c1-8-2-3-10-7-11-5-4-9(10)6-8;1-8-2-3-9-4-5-11-7-10(9)6-8;1-8-4-5-10-9(7-8)3-2-6-11-10;1-8-4-5-9-3-2-6-11-10(9)7-8;1-7-2-3-8-9(6-7)11-5-4-10-8;5*1-2/h4*2-7H,1H3;2-6H,1H3;5*1-2H3. The molecule has 0 aliphatic rings. The number of benzene rings is 5. The van der Waals surface area contributed by atoms with Gasteiger partial charge in [-0.15, -0.1) is 0 Å². The van der Waals surface area contributed by atoms with E-state index < -0.39 is 0 Å². The van der Waals surface area contributed by atoms with Gasteiger partial charge in [-0.2, -0.15) is 0 Å². The van der Waals surface area contributed by atoms with E-state index in [-0.39, 0.29) is 0 Å². The van der Waals surface area contributed by atoms with E-state index in [1.165, 1.54) is 60.1 Å². The lowest BCUT2D eigenvalue weighted by Gasteiger charge is -1.96. The molecular formula is C59H74N6. The van der Waals surface area contributed by atoms with Gasteiger partial charge in [-0.25, -0.2) is 0 Å². The van der Waals surface area contributed by atoms with E-state index in [4.69, 9.17) is 0 Å². The van der Waals surface area contributed by atoms with Crippen molar-refractivity contribution < 1.29 is 0 Å². The summed E-state index contributed by atoms with van der Waals surface area (Å²) < 4.78 is 0. The molecule has 0 amide bonds. The molecule has 6 heteroatoms. The largest absolute Gasteiger partial charge is 0.264 e. The van der Waals surface area contributed by atoms with Gasteiger partial charge in [-0.05, 0) is 117 Å². The maximum absolute atomic E-state index is 4.24. The topological polar surface area (TPSA) is 77.3 Å². The van der Waals surface area contributed by atoms with Crippen LogP contribution in [0.1, 0.15) is 97.1 Å². The Bertz CT molecular complexity index is 2350. The highest BCUT2D eigenvalue weighted by Gasteiger charge is 1.95. The molecular weight excluding hydrogens is 793 g/mol. The molecule has 0 bridgehead atoms. The molecule has 10 aromatic rings. The average molecular weight is 867 g/mol. The Morgan fingerprint density at radius 3 is 1.23 bits per heavy atom. The van der Waals surface area contributed by atoms with Gasteiger partial charge in [0, 0.05) is 71.1 Å². The number of aromatic nitrogens is 6. The third-order valence-corrected chi connectivity index (χ3v) is 8.74. The van der Waals surface area contributed by atoms with Crippen LogP contribution in [0, 0.1) is 34.6 Å². The number of fused-ring (bicyclic) bond motifs is 5. The SMILES string of the molecule is CC.CC.CC.CC.CC.Cc1ccc2cccnc2c1.Cc1ccc2ccncc2c1.Cc1ccc2cnccc2c1.Cc1ccc2ncccc2c1.Cc1ccc2nccnc2c1. The van der Waals surface area contributed by atoms with E-state index in [1.807, 2.05) is 162 Å². The van der Waals surface area contributed by atoms with Crippen molar-refractivity contribution in [3.63, 3.8) is 0 Å². The summed E-state index contributed by atoms with van der Waals surface area (Å²) in [5.41, 5.74) is 10.4. The molecule has 5 aromatic carbocycles. The first-order chi connectivity index (χ1) is 31.8. The maximum atomic E-state index is 4.24. The smallest absolute Gasteiger partial charge is 0.0889 e. The van der Waals surface area contributed by atoms with E-state index in [9.17, 15) is 0 Å². The van der Waals surface area contributed by atoms with Crippen LogP contribution in [0.15, 0.2) is 177 Å². The summed E-state index contributed by atoms with van der Waals surface area (Å²) in [6.07, 6.45) is 14.5. The number of aryl methyl sites for hydroxylation is 5. The van der Waals surface area contributed by atoms with Crippen molar-refractivity contribution in [2.75, 3.05) is 0 Å². The Hall–Kier alpha value is -6.92. The normalized spacial score (nSPS) is 9.15. The minimum Gasteiger partial charge on any atom is -0.264 e. The van der Waals surface area contributed by atoms with Crippen molar-refractivity contribution in [3.05, 3.63) is 205 Å². The maximum Gasteiger partial charge on any atom is 0.0889 e. The molecule has 340 valence electrons. The van der Waals surface area contributed by atoms with Crippen LogP contribution in [0.25, 0.3) is 54.4 Å². The molecule has 0 radical (unpaired) electrons. The number of pyridine rings is 4. The second-order valence-corrected chi connectivity index (χ2v) is 13.4. The van der Waals surface area contributed by atoms with Crippen molar-refractivity contribution in [3.8, 4) is 0 Å². The van der Waals surface area contributed by atoms with Gasteiger partial charge in [-0.3, -0.25) is 29.9 Å². The van der Waals surface area contributed by atoms with Gasteiger partial charge in [-0.1, -0.05) is 153 Å². The second kappa shape index (κ2) is 33.6. The molecule has 0 N–H and O–H groups in total. The van der Waals surface area contributed by atoms with Gasteiger partial charge in [0.1, 0.15) is 0 Å². The summed E-state index contributed by atoms with van der Waals surface area (Å²) in [6.45, 7) is 30.4. The molecule has 10 rings (SSSR count). The number of nitrogens with zero attached hydrogens (tertiary/aromatic N) is 6. The molecule has 0 atom stereocenters. The van der Waals surface area contributed by atoms with Crippen LogP contribution in [0.3, 0.4) is 0 Å². The minimum atomic E-state index is 0.957. The van der Waals surface area contributed by atoms with Crippen molar-refractivity contribution in [2.45, 2.75) is 104 Å². The van der Waals surface area contributed by atoms with Gasteiger partial charge < -0.3 is 0 Å². The first kappa shape index (κ1) is 56.1. The molecule has 6 nitrogen and oxygen atoms in total. The highest BCUT2D eigenvalue weighted by atomic mass is 14.8. The zero-order chi connectivity index (χ0) is 48.4. The summed E-state index contributed by atoms with van der Waals surface area (Å²) in [5.74, 6) is 0. The highest BCUT2D eigenvalue weighted by molar-refractivity contribution is 5.83. The highest BCUT2D eigenvalue weighted by Crippen LogP contribution is 2.15. The van der Waals surface area contributed by atoms with Crippen LogP contribution in [0.5, 0.6) is 0 Å². The van der Waals surface area contributed by atoms with Gasteiger partial charge >= 0.3 is 0 Å². The van der Waals surface area contributed by atoms with Gasteiger partial charge in [0.25, 0.3) is 0 Å². The third-order valence-electron chi connectivity index (χ3n) is 8.74. The van der Waals surface area contributed by atoms with Crippen molar-refractivity contribution in [1.29, 1.82) is 0 Å². The molecule has 0 saturated carbocycles. The van der Waals surface area contributed by atoms with Crippen molar-refractivity contribution >= 4 is 54.4 Å². The lowest BCUT2D eigenvalue weighted by atomic mass is 10.1. The molecule has 5 aromatic heterocycles. The summed E-state index contributed by atoms with van der Waals surface area (Å²) >= 11 is 0. The molecule has 5 heterocycles. The Morgan fingerprint density at radius 2 is 0.631 bits per heavy atom. The Balaban J connectivity index is 0.000000387. The zero-order valence-electron chi connectivity index (χ0n) is 41.9. The lowest BCUT2D eigenvalue weighted by Crippen LogP contribution is -1.81.